The first-order valence-corrected chi connectivity index (χ1v) is 3.11. The van der Waals surface area contributed by atoms with E-state index in [1.807, 2.05) is 6.07 Å². The number of rotatable bonds is 2. The van der Waals surface area contributed by atoms with Gasteiger partial charge in [0.25, 0.3) is 0 Å². The molecule has 5 heteroatoms. The van der Waals surface area contributed by atoms with Crippen molar-refractivity contribution in [2.75, 3.05) is 0 Å². The number of nitrogens with two attached hydrogens (primary N) is 1. The van der Waals surface area contributed by atoms with Crippen LogP contribution in [0.5, 0.6) is 0 Å². The van der Waals surface area contributed by atoms with Gasteiger partial charge >= 0.3 is 0 Å². The van der Waals surface area contributed by atoms with Gasteiger partial charge in [0.15, 0.2) is 0 Å². The van der Waals surface area contributed by atoms with E-state index in [0.29, 0.717) is 0 Å². The molecule has 0 rings (SSSR count). The molecule has 0 saturated carbocycles. The number of hydrogen-bond acceptors (Lipinski definition) is 5. The van der Waals surface area contributed by atoms with Crippen molar-refractivity contribution in [1.29, 1.82) is 15.8 Å². The molecular weight excluding hydrogens is 154 g/mol. The van der Waals surface area contributed by atoms with Gasteiger partial charge in [-0.25, -0.2) is 0 Å². The molecule has 0 aliphatic rings. The fraction of sp³-hybridized carbons (Fsp3) is 0.286. The monoisotopic (exact) mass is 161 g/mol. The highest BCUT2D eigenvalue weighted by Gasteiger charge is 2.05. The number of hydrogen-bond donors (Lipinski definition) is 2. The highest BCUT2D eigenvalue weighted by Crippen LogP contribution is 1.93. The minimum absolute atomic E-state index is 0.0634. The second-order valence-corrected chi connectivity index (χ2v) is 2.01. The first-order valence-electron chi connectivity index (χ1n) is 3.11. The van der Waals surface area contributed by atoms with Crippen LogP contribution in [0.1, 0.15) is 6.92 Å². The maximum Gasteiger partial charge on any atom is 0.148 e. The summed E-state index contributed by atoms with van der Waals surface area (Å²) in [6.07, 6.45) is 0. The van der Waals surface area contributed by atoms with E-state index >= 15 is 0 Å². The third-order valence-corrected chi connectivity index (χ3v) is 1.06. The molecule has 0 amide bonds. The van der Waals surface area contributed by atoms with Crippen LogP contribution in [0.4, 0.5) is 0 Å². The number of nitrogens with zero attached hydrogens (tertiary/aromatic N) is 3. The van der Waals surface area contributed by atoms with Crippen molar-refractivity contribution >= 4 is 0 Å². The Balaban J connectivity index is 4.57. The highest BCUT2D eigenvalue weighted by molar-refractivity contribution is 5.33. The second-order valence-electron chi connectivity index (χ2n) is 2.01. The molecule has 0 aromatic heterocycles. The molecule has 0 fully saturated rings. The molecule has 0 spiro atoms. The molecule has 0 saturated heterocycles. The van der Waals surface area contributed by atoms with Crippen LogP contribution in [-0.4, -0.2) is 6.04 Å². The van der Waals surface area contributed by atoms with Crippen LogP contribution < -0.4 is 11.1 Å². The van der Waals surface area contributed by atoms with Gasteiger partial charge in [-0.1, -0.05) is 0 Å². The minimum Gasteiger partial charge on any atom is -0.388 e. The lowest BCUT2D eigenvalue weighted by Crippen LogP contribution is -2.25. The molecule has 0 aromatic carbocycles. The van der Waals surface area contributed by atoms with Gasteiger partial charge in [0.05, 0.1) is 6.07 Å². The highest BCUT2D eigenvalue weighted by atomic mass is 14.9. The average Bonchev–Trinajstić information content (AvgIpc) is 2.12. The smallest absolute Gasteiger partial charge is 0.148 e. The molecule has 0 bridgehead atoms. The minimum atomic E-state index is -0.536. The maximum absolute atomic E-state index is 8.46. The molecule has 0 heterocycles. The molecule has 1 atom stereocenters. The molecular formula is C7H7N5. The molecule has 12 heavy (non-hydrogen) atoms. The van der Waals surface area contributed by atoms with E-state index in [1.54, 1.807) is 19.1 Å². The van der Waals surface area contributed by atoms with E-state index in [-0.39, 0.29) is 11.4 Å². The van der Waals surface area contributed by atoms with Crippen LogP contribution >= 0.6 is 0 Å². The largest absolute Gasteiger partial charge is 0.388 e. The Bertz CT molecular complexity index is 308. The Labute approximate surface area is 70.3 Å². The van der Waals surface area contributed by atoms with Crippen LogP contribution in [0.2, 0.25) is 0 Å². The standard InChI is InChI=1S/C7H7N5/c1-5(2-8)12-7(4-10)6(11)3-9/h5,12H,11H2,1H3/b7-6-. The summed E-state index contributed by atoms with van der Waals surface area (Å²) in [7, 11) is 0. The summed E-state index contributed by atoms with van der Waals surface area (Å²) in [6, 6.07) is 4.61. The quantitative estimate of drug-likeness (QED) is 0.540. The molecule has 3 N–H and O–H groups in total. The van der Waals surface area contributed by atoms with Gasteiger partial charge in [0, 0.05) is 0 Å². The zero-order valence-corrected chi connectivity index (χ0v) is 6.50. The predicted octanol–water partition coefficient (Wildman–Crippen LogP) is -0.294. The first-order chi connectivity index (χ1) is 5.65. The maximum atomic E-state index is 8.46. The Morgan fingerprint density at radius 3 is 2.25 bits per heavy atom. The molecule has 60 valence electrons. The number of allylic oxidation sites excluding steroid dienone is 2. The predicted molar refractivity (Wildman–Crippen MR) is 40.7 cm³/mol. The summed E-state index contributed by atoms with van der Waals surface area (Å²) in [4.78, 5) is 0. The van der Waals surface area contributed by atoms with Crippen LogP contribution in [0.3, 0.4) is 0 Å². The Morgan fingerprint density at radius 1 is 1.33 bits per heavy atom. The van der Waals surface area contributed by atoms with Crippen molar-refractivity contribution < 1.29 is 0 Å². The SMILES string of the molecule is CC(C#N)N/C(C#N)=C(\N)C#N. The summed E-state index contributed by atoms with van der Waals surface area (Å²) in [5.41, 5.74) is 4.88. The molecule has 5 nitrogen and oxygen atoms in total. The van der Waals surface area contributed by atoms with E-state index in [1.165, 1.54) is 0 Å². The third-order valence-electron chi connectivity index (χ3n) is 1.06. The Hall–Kier alpha value is -2.19. The van der Waals surface area contributed by atoms with Crippen molar-refractivity contribution in [1.82, 2.24) is 5.32 Å². The van der Waals surface area contributed by atoms with E-state index in [4.69, 9.17) is 21.5 Å². The fourth-order valence-corrected chi connectivity index (χ4v) is 0.475. The van der Waals surface area contributed by atoms with Gasteiger partial charge in [-0.3, -0.25) is 0 Å². The lowest BCUT2D eigenvalue weighted by atomic mass is 10.3. The lowest BCUT2D eigenvalue weighted by Gasteiger charge is -2.04. The summed E-state index contributed by atoms with van der Waals surface area (Å²) < 4.78 is 0. The van der Waals surface area contributed by atoms with Crippen molar-refractivity contribution in [3.05, 3.63) is 11.4 Å². The van der Waals surface area contributed by atoms with Gasteiger partial charge in [0.2, 0.25) is 0 Å². The van der Waals surface area contributed by atoms with Crippen molar-refractivity contribution in [3.8, 4) is 18.2 Å². The summed E-state index contributed by atoms with van der Waals surface area (Å²) in [6.45, 7) is 1.56. The third kappa shape index (κ3) is 2.60. The molecule has 0 aliphatic heterocycles. The molecule has 1 unspecified atom stereocenters. The van der Waals surface area contributed by atoms with E-state index < -0.39 is 6.04 Å². The van der Waals surface area contributed by atoms with Gasteiger partial charge in [0.1, 0.15) is 29.6 Å². The van der Waals surface area contributed by atoms with Crippen molar-refractivity contribution in [3.63, 3.8) is 0 Å². The lowest BCUT2D eigenvalue weighted by molar-refractivity contribution is 0.751. The topological polar surface area (TPSA) is 109 Å². The zero-order chi connectivity index (χ0) is 9.56. The van der Waals surface area contributed by atoms with Crippen LogP contribution in [0.15, 0.2) is 11.4 Å². The summed E-state index contributed by atoms with van der Waals surface area (Å²) in [5.74, 6) is 0. The summed E-state index contributed by atoms with van der Waals surface area (Å²) >= 11 is 0. The molecule has 0 radical (unpaired) electrons. The second kappa shape index (κ2) is 4.60. The Kier molecular flexibility index (Phi) is 3.76. The summed E-state index contributed by atoms with van der Waals surface area (Å²) in [5, 5.41) is 27.6. The van der Waals surface area contributed by atoms with E-state index in [0.717, 1.165) is 0 Å². The first kappa shape index (κ1) is 9.81. The van der Waals surface area contributed by atoms with Gasteiger partial charge < -0.3 is 11.1 Å². The Morgan fingerprint density at radius 2 is 1.92 bits per heavy atom. The van der Waals surface area contributed by atoms with Crippen LogP contribution in [-0.2, 0) is 0 Å². The molecule has 0 aliphatic carbocycles. The fourth-order valence-electron chi connectivity index (χ4n) is 0.475. The van der Waals surface area contributed by atoms with E-state index in [9.17, 15) is 0 Å². The van der Waals surface area contributed by atoms with Gasteiger partial charge in [-0.15, -0.1) is 0 Å². The van der Waals surface area contributed by atoms with Gasteiger partial charge in [-0.2, -0.15) is 15.8 Å². The molecule has 0 aromatic rings. The average molecular weight is 161 g/mol. The zero-order valence-electron chi connectivity index (χ0n) is 6.50. The normalized spacial score (nSPS) is 12.8. The van der Waals surface area contributed by atoms with Crippen molar-refractivity contribution in [2.24, 2.45) is 5.73 Å². The van der Waals surface area contributed by atoms with Crippen LogP contribution in [0.25, 0.3) is 0 Å². The van der Waals surface area contributed by atoms with Crippen LogP contribution in [0, 0.1) is 34.0 Å². The number of nitrogens with one attached hydrogen (secondary N) is 1. The number of nitriles is 3. The van der Waals surface area contributed by atoms with Gasteiger partial charge in [-0.05, 0) is 6.92 Å². The van der Waals surface area contributed by atoms with Crippen molar-refractivity contribution in [2.45, 2.75) is 13.0 Å². The van der Waals surface area contributed by atoms with E-state index in [2.05, 4.69) is 5.32 Å².